The number of carbonyl (C=O) groups is 3. The summed E-state index contributed by atoms with van der Waals surface area (Å²) in [6, 6.07) is 8.57. The van der Waals surface area contributed by atoms with Crippen LogP contribution in [-0.4, -0.2) is 28.9 Å². The van der Waals surface area contributed by atoms with Gasteiger partial charge in [0, 0.05) is 12.8 Å². The molecule has 0 heterocycles. The molecule has 0 saturated heterocycles. The summed E-state index contributed by atoms with van der Waals surface area (Å²) >= 11 is 0. The molecule has 1 fully saturated rings. The van der Waals surface area contributed by atoms with Crippen molar-refractivity contribution in [3.05, 3.63) is 35.9 Å². The molecule has 3 N–H and O–H groups in total. The Hall–Kier alpha value is -2.37. The summed E-state index contributed by atoms with van der Waals surface area (Å²) in [7, 11) is 0. The van der Waals surface area contributed by atoms with E-state index in [4.69, 9.17) is 5.11 Å². The van der Waals surface area contributed by atoms with Crippen molar-refractivity contribution in [2.24, 2.45) is 5.92 Å². The summed E-state index contributed by atoms with van der Waals surface area (Å²) in [5, 5.41) is 14.5. The van der Waals surface area contributed by atoms with Crippen LogP contribution in [0.25, 0.3) is 0 Å². The Bertz CT molecular complexity index is 584. The molecule has 0 aliphatic heterocycles. The Kier molecular flexibility index (Phi) is 6.35. The molecule has 0 bridgehead atoms. The summed E-state index contributed by atoms with van der Waals surface area (Å²) in [5.74, 6) is -1.24. The average molecular weight is 332 g/mol. The van der Waals surface area contributed by atoms with Crippen molar-refractivity contribution in [3.63, 3.8) is 0 Å². The molecular weight excluding hydrogens is 308 g/mol. The molecule has 130 valence electrons. The Morgan fingerprint density at radius 3 is 2.21 bits per heavy atom. The van der Waals surface area contributed by atoms with Gasteiger partial charge >= 0.3 is 5.97 Å². The number of carboxylic acids is 1. The van der Waals surface area contributed by atoms with Crippen molar-refractivity contribution in [3.8, 4) is 0 Å². The van der Waals surface area contributed by atoms with Gasteiger partial charge in [0.1, 0.15) is 6.04 Å². The van der Waals surface area contributed by atoms with E-state index in [2.05, 4.69) is 10.6 Å². The van der Waals surface area contributed by atoms with E-state index in [0.717, 1.165) is 18.4 Å². The van der Waals surface area contributed by atoms with E-state index < -0.39 is 17.9 Å². The lowest BCUT2D eigenvalue weighted by atomic mass is 10.1. The fraction of sp³-hybridized carbons (Fsp3) is 0.500. The van der Waals surface area contributed by atoms with Crippen LogP contribution < -0.4 is 10.6 Å². The lowest BCUT2D eigenvalue weighted by Crippen LogP contribution is -2.41. The van der Waals surface area contributed by atoms with Gasteiger partial charge in [0.05, 0.1) is 6.04 Å². The number of aliphatic carboxylic acids is 1. The number of amides is 2. The first-order valence-corrected chi connectivity index (χ1v) is 8.32. The van der Waals surface area contributed by atoms with Gasteiger partial charge in [-0.05, 0) is 24.8 Å². The van der Waals surface area contributed by atoms with Gasteiger partial charge in [-0.2, -0.15) is 0 Å². The first-order valence-electron chi connectivity index (χ1n) is 8.32. The van der Waals surface area contributed by atoms with E-state index in [0.29, 0.717) is 12.3 Å². The minimum atomic E-state index is -1.02. The second kappa shape index (κ2) is 8.47. The second-order valence-corrected chi connectivity index (χ2v) is 6.34. The normalized spacial score (nSPS) is 16.0. The molecule has 1 aliphatic rings. The molecule has 0 spiro atoms. The fourth-order valence-corrected chi connectivity index (χ4v) is 2.54. The number of carbonyl (C=O) groups excluding carboxylic acids is 2. The van der Waals surface area contributed by atoms with Gasteiger partial charge in [-0.25, -0.2) is 4.79 Å². The highest BCUT2D eigenvalue weighted by atomic mass is 16.4. The van der Waals surface area contributed by atoms with Crippen molar-refractivity contribution in [1.82, 2.24) is 10.6 Å². The minimum Gasteiger partial charge on any atom is -0.480 e. The monoisotopic (exact) mass is 332 g/mol. The van der Waals surface area contributed by atoms with Crippen LogP contribution in [0.15, 0.2) is 30.3 Å². The highest BCUT2D eigenvalue weighted by molar-refractivity contribution is 5.87. The molecular formula is C18H24N2O4. The van der Waals surface area contributed by atoms with Gasteiger partial charge in [-0.15, -0.1) is 0 Å². The quantitative estimate of drug-likeness (QED) is 0.644. The first-order chi connectivity index (χ1) is 11.5. The number of carboxylic acid groups (broad SMARTS) is 1. The van der Waals surface area contributed by atoms with E-state index in [1.165, 1.54) is 0 Å². The van der Waals surface area contributed by atoms with Crippen LogP contribution in [0.3, 0.4) is 0 Å². The molecule has 2 amide bonds. The molecule has 0 aromatic heterocycles. The smallest absolute Gasteiger partial charge is 0.326 e. The standard InChI is InChI=1S/C18H24N2O4/c1-12(14-5-3-2-4-6-14)19-16(21)9-10-17(22)20-15(18(23)24)11-13-7-8-13/h2-6,12-13,15H,7-11H2,1H3,(H,19,21)(H,20,22)(H,23,24)/t12-,15+/m1/s1. The minimum absolute atomic E-state index is 0.0121. The molecule has 0 radical (unpaired) electrons. The molecule has 1 saturated carbocycles. The lowest BCUT2D eigenvalue weighted by molar-refractivity contribution is -0.142. The molecule has 0 unspecified atom stereocenters. The van der Waals surface area contributed by atoms with Crippen LogP contribution in [-0.2, 0) is 14.4 Å². The summed E-state index contributed by atoms with van der Waals surface area (Å²) in [6.07, 6.45) is 2.55. The maximum atomic E-state index is 11.9. The van der Waals surface area contributed by atoms with Crippen LogP contribution in [0.2, 0.25) is 0 Å². The van der Waals surface area contributed by atoms with Crippen molar-refractivity contribution >= 4 is 17.8 Å². The van der Waals surface area contributed by atoms with E-state index in [1.807, 2.05) is 37.3 Å². The van der Waals surface area contributed by atoms with Crippen LogP contribution in [0.1, 0.15) is 50.6 Å². The Balaban J connectivity index is 1.72. The maximum Gasteiger partial charge on any atom is 0.326 e. The lowest BCUT2D eigenvalue weighted by Gasteiger charge is -2.15. The van der Waals surface area contributed by atoms with Crippen molar-refractivity contribution < 1.29 is 19.5 Å². The molecule has 2 atom stereocenters. The van der Waals surface area contributed by atoms with Crippen molar-refractivity contribution in [2.75, 3.05) is 0 Å². The molecule has 2 rings (SSSR count). The Labute approximate surface area is 141 Å². The summed E-state index contributed by atoms with van der Waals surface area (Å²) < 4.78 is 0. The average Bonchev–Trinajstić information content (AvgIpc) is 3.37. The van der Waals surface area contributed by atoms with E-state index in [9.17, 15) is 14.4 Å². The number of hydrogen-bond donors (Lipinski definition) is 3. The third-order valence-electron chi connectivity index (χ3n) is 4.16. The zero-order valence-electron chi connectivity index (χ0n) is 13.8. The highest BCUT2D eigenvalue weighted by Crippen LogP contribution is 2.33. The molecule has 1 aliphatic carbocycles. The third kappa shape index (κ3) is 6.02. The van der Waals surface area contributed by atoms with Gasteiger partial charge < -0.3 is 15.7 Å². The Morgan fingerprint density at radius 1 is 1.08 bits per heavy atom. The molecule has 6 nitrogen and oxygen atoms in total. The molecule has 24 heavy (non-hydrogen) atoms. The van der Waals surface area contributed by atoms with Crippen LogP contribution in [0.5, 0.6) is 0 Å². The third-order valence-corrected chi connectivity index (χ3v) is 4.16. The van der Waals surface area contributed by atoms with Crippen LogP contribution in [0.4, 0.5) is 0 Å². The van der Waals surface area contributed by atoms with Crippen molar-refractivity contribution in [1.29, 1.82) is 0 Å². The Morgan fingerprint density at radius 2 is 1.67 bits per heavy atom. The maximum absolute atomic E-state index is 11.9. The summed E-state index contributed by atoms with van der Waals surface area (Å²) in [5.41, 5.74) is 0.991. The number of hydrogen-bond acceptors (Lipinski definition) is 3. The SMILES string of the molecule is C[C@@H](NC(=O)CCC(=O)N[C@@H](CC1CC1)C(=O)O)c1ccccc1. The van der Waals surface area contributed by atoms with Crippen LogP contribution >= 0.6 is 0 Å². The molecule has 1 aromatic carbocycles. The zero-order valence-corrected chi connectivity index (χ0v) is 13.8. The van der Waals surface area contributed by atoms with Gasteiger partial charge in [0.15, 0.2) is 0 Å². The van der Waals surface area contributed by atoms with E-state index >= 15 is 0 Å². The van der Waals surface area contributed by atoms with Gasteiger partial charge in [-0.3, -0.25) is 9.59 Å². The number of nitrogens with one attached hydrogen (secondary N) is 2. The van der Waals surface area contributed by atoms with Gasteiger partial charge in [0.2, 0.25) is 11.8 Å². The van der Waals surface area contributed by atoms with Gasteiger partial charge in [-0.1, -0.05) is 43.2 Å². The molecule has 6 heteroatoms. The topological polar surface area (TPSA) is 95.5 Å². The molecule has 1 aromatic rings. The number of rotatable bonds is 9. The zero-order chi connectivity index (χ0) is 17.5. The largest absolute Gasteiger partial charge is 0.480 e. The first kappa shape index (κ1) is 18.0. The predicted octanol–water partition coefficient (Wildman–Crippen LogP) is 2.01. The number of benzene rings is 1. The second-order valence-electron chi connectivity index (χ2n) is 6.34. The van der Waals surface area contributed by atoms with Crippen LogP contribution in [0, 0.1) is 5.92 Å². The van der Waals surface area contributed by atoms with E-state index in [-0.39, 0.29) is 24.8 Å². The predicted molar refractivity (Wildman–Crippen MR) is 89.1 cm³/mol. The van der Waals surface area contributed by atoms with Crippen molar-refractivity contribution in [2.45, 2.75) is 51.1 Å². The summed E-state index contributed by atoms with van der Waals surface area (Å²) in [4.78, 5) is 34.9. The highest BCUT2D eigenvalue weighted by Gasteiger charge is 2.30. The van der Waals surface area contributed by atoms with E-state index in [1.54, 1.807) is 0 Å². The fourth-order valence-electron chi connectivity index (χ4n) is 2.54. The summed E-state index contributed by atoms with van der Waals surface area (Å²) in [6.45, 7) is 1.88. The van der Waals surface area contributed by atoms with Gasteiger partial charge in [0.25, 0.3) is 0 Å².